The number of benzene rings is 2. The van der Waals surface area contributed by atoms with E-state index in [0.29, 0.717) is 12.1 Å². The second-order valence-electron chi connectivity index (χ2n) is 4.13. The van der Waals surface area contributed by atoms with Crippen LogP contribution in [-0.4, -0.2) is 0 Å². The molecule has 0 aliphatic rings. The molecule has 2 aromatic rings. The van der Waals surface area contributed by atoms with Crippen molar-refractivity contribution in [3.8, 4) is 11.1 Å². The molecule has 0 radical (unpaired) electrons. The predicted molar refractivity (Wildman–Crippen MR) is 61.7 cm³/mol. The summed E-state index contributed by atoms with van der Waals surface area (Å²) in [6.45, 7) is 0. The standard InChI is InChI=1S/C13H3ClF8/c14-4-1-2-5(6(3-4)13(20,21)22)7-8(15)10(17)12(19)11(18)9(7)16/h1-3H. The Kier molecular flexibility index (Phi) is 4.08. The first kappa shape index (κ1) is 16.5. The zero-order valence-electron chi connectivity index (χ0n) is 10.1. The van der Waals surface area contributed by atoms with Gasteiger partial charge in [0.15, 0.2) is 23.3 Å². The zero-order valence-corrected chi connectivity index (χ0v) is 10.9. The summed E-state index contributed by atoms with van der Waals surface area (Å²) >= 11 is 5.38. The van der Waals surface area contributed by atoms with Crippen LogP contribution in [-0.2, 0) is 6.18 Å². The van der Waals surface area contributed by atoms with E-state index in [1.165, 1.54) is 0 Å². The summed E-state index contributed by atoms with van der Waals surface area (Å²) in [7, 11) is 0. The molecular formula is C13H3ClF8. The number of alkyl halides is 3. The lowest BCUT2D eigenvalue weighted by atomic mass is 9.97. The van der Waals surface area contributed by atoms with Gasteiger partial charge in [-0.2, -0.15) is 13.2 Å². The molecule has 0 atom stereocenters. The minimum atomic E-state index is -5.11. The molecule has 2 aromatic carbocycles. The van der Waals surface area contributed by atoms with Crippen LogP contribution in [0.2, 0.25) is 5.02 Å². The molecule has 22 heavy (non-hydrogen) atoms. The second kappa shape index (κ2) is 5.42. The van der Waals surface area contributed by atoms with E-state index >= 15 is 0 Å². The molecule has 0 heterocycles. The Hall–Kier alpha value is -1.83. The molecule has 0 unspecified atom stereocenters. The van der Waals surface area contributed by atoms with Gasteiger partial charge in [0.05, 0.1) is 11.1 Å². The van der Waals surface area contributed by atoms with Gasteiger partial charge >= 0.3 is 6.18 Å². The van der Waals surface area contributed by atoms with Gasteiger partial charge < -0.3 is 0 Å². The first-order valence-corrected chi connectivity index (χ1v) is 5.82. The third-order valence-corrected chi connectivity index (χ3v) is 3.00. The summed E-state index contributed by atoms with van der Waals surface area (Å²) in [5.41, 5.74) is -4.49. The van der Waals surface area contributed by atoms with Crippen LogP contribution < -0.4 is 0 Å². The van der Waals surface area contributed by atoms with Gasteiger partial charge in [-0.1, -0.05) is 17.7 Å². The SMILES string of the molecule is Fc1c(F)c(F)c(-c2ccc(Cl)cc2C(F)(F)F)c(F)c1F. The van der Waals surface area contributed by atoms with E-state index in [1.807, 2.05) is 0 Å². The Balaban J connectivity index is 2.90. The lowest BCUT2D eigenvalue weighted by Crippen LogP contribution is -2.10. The molecule has 2 rings (SSSR count). The van der Waals surface area contributed by atoms with Crippen molar-refractivity contribution in [2.45, 2.75) is 6.18 Å². The molecule has 0 saturated heterocycles. The highest BCUT2D eigenvalue weighted by Gasteiger charge is 2.37. The van der Waals surface area contributed by atoms with Gasteiger partial charge in [-0.25, -0.2) is 22.0 Å². The van der Waals surface area contributed by atoms with Crippen LogP contribution in [0.5, 0.6) is 0 Å². The predicted octanol–water partition coefficient (Wildman–Crippen LogP) is 5.72. The van der Waals surface area contributed by atoms with Crippen molar-refractivity contribution in [2.75, 3.05) is 0 Å². The van der Waals surface area contributed by atoms with Gasteiger partial charge in [0.1, 0.15) is 0 Å². The lowest BCUT2D eigenvalue weighted by molar-refractivity contribution is -0.137. The average molecular weight is 347 g/mol. The Labute approximate surface area is 122 Å². The Bertz CT molecular complexity index is 722. The highest BCUT2D eigenvalue weighted by molar-refractivity contribution is 6.30. The minimum Gasteiger partial charge on any atom is -0.203 e. The monoisotopic (exact) mass is 346 g/mol. The van der Waals surface area contributed by atoms with Crippen LogP contribution in [0.3, 0.4) is 0 Å². The fourth-order valence-electron chi connectivity index (χ4n) is 1.81. The van der Waals surface area contributed by atoms with Gasteiger partial charge in [0.25, 0.3) is 0 Å². The quantitative estimate of drug-likeness (QED) is 0.352. The van der Waals surface area contributed by atoms with Crippen molar-refractivity contribution in [1.29, 1.82) is 0 Å². The topological polar surface area (TPSA) is 0 Å². The molecule has 0 aliphatic carbocycles. The average Bonchev–Trinajstić information content (AvgIpc) is 2.43. The first-order chi connectivity index (χ1) is 10.1. The largest absolute Gasteiger partial charge is 0.417 e. The zero-order chi connectivity index (χ0) is 16.8. The van der Waals surface area contributed by atoms with E-state index < -0.39 is 57.0 Å². The summed E-state index contributed by atoms with van der Waals surface area (Å²) < 4.78 is 105. The third kappa shape index (κ3) is 2.63. The molecule has 0 spiro atoms. The summed E-state index contributed by atoms with van der Waals surface area (Å²) in [5.74, 6) is -11.8. The van der Waals surface area contributed by atoms with Crippen molar-refractivity contribution in [1.82, 2.24) is 0 Å². The van der Waals surface area contributed by atoms with Crippen LogP contribution in [0.15, 0.2) is 18.2 Å². The summed E-state index contributed by atoms with van der Waals surface area (Å²) in [5, 5.41) is -0.417. The van der Waals surface area contributed by atoms with Crippen LogP contribution in [0, 0.1) is 29.1 Å². The number of hydrogen-bond donors (Lipinski definition) is 0. The fraction of sp³-hybridized carbons (Fsp3) is 0.0769. The summed E-state index contributed by atoms with van der Waals surface area (Å²) in [6, 6.07) is 1.70. The fourth-order valence-corrected chi connectivity index (χ4v) is 1.98. The van der Waals surface area contributed by atoms with Crippen molar-refractivity contribution in [3.05, 3.63) is 57.9 Å². The highest BCUT2D eigenvalue weighted by Crippen LogP contribution is 2.41. The first-order valence-electron chi connectivity index (χ1n) is 5.44. The van der Waals surface area contributed by atoms with E-state index in [4.69, 9.17) is 11.6 Å². The van der Waals surface area contributed by atoms with Crippen LogP contribution >= 0.6 is 11.6 Å². The lowest BCUT2D eigenvalue weighted by Gasteiger charge is -2.15. The molecule has 118 valence electrons. The molecule has 0 bridgehead atoms. The summed E-state index contributed by atoms with van der Waals surface area (Å²) in [4.78, 5) is 0. The van der Waals surface area contributed by atoms with Crippen molar-refractivity contribution in [2.24, 2.45) is 0 Å². The third-order valence-electron chi connectivity index (χ3n) is 2.77. The van der Waals surface area contributed by atoms with Crippen LogP contribution in [0.1, 0.15) is 5.56 Å². The van der Waals surface area contributed by atoms with Crippen molar-refractivity contribution < 1.29 is 35.1 Å². The van der Waals surface area contributed by atoms with Crippen molar-refractivity contribution >= 4 is 11.6 Å². The minimum absolute atomic E-state index is 0.328. The molecule has 0 N–H and O–H groups in total. The number of halogens is 9. The maximum absolute atomic E-state index is 13.6. The normalized spacial score (nSPS) is 11.9. The molecular weight excluding hydrogens is 344 g/mol. The van der Waals surface area contributed by atoms with E-state index in [2.05, 4.69) is 0 Å². The Morgan fingerprint density at radius 1 is 0.727 bits per heavy atom. The molecule has 0 aromatic heterocycles. The Morgan fingerprint density at radius 3 is 1.64 bits per heavy atom. The summed E-state index contributed by atoms with van der Waals surface area (Å²) in [6.07, 6.45) is -5.11. The highest BCUT2D eigenvalue weighted by atomic mass is 35.5. The maximum atomic E-state index is 13.6. The van der Waals surface area contributed by atoms with Gasteiger partial charge in [-0.3, -0.25) is 0 Å². The smallest absolute Gasteiger partial charge is 0.203 e. The number of hydrogen-bond acceptors (Lipinski definition) is 0. The van der Waals surface area contributed by atoms with E-state index in [9.17, 15) is 35.1 Å². The van der Waals surface area contributed by atoms with Gasteiger partial charge in [-0.05, 0) is 12.1 Å². The molecule has 0 aliphatic heterocycles. The van der Waals surface area contributed by atoms with Gasteiger partial charge in [0.2, 0.25) is 5.82 Å². The van der Waals surface area contributed by atoms with Crippen LogP contribution in [0.4, 0.5) is 35.1 Å². The molecule has 9 heteroatoms. The Morgan fingerprint density at radius 2 is 1.18 bits per heavy atom. The molecule has 0 fully saturated rings. The van der Waals surface area contributed by atoms with Gasteiger partial charge in [0, 0.05) is 10.6 Å². The van der Waals surface area contributed by atoms with Crippen LogP contribution in [0.25, 0.3) is 11.1 Å². The van der Waals surface area contributed by atoms with E-state index in [1.54, 1.807) is 0 Å². The maximum Gasteiger partial charge on any atom is 0.417 e. The second-order valence-corrected chi connectivity index (χ2v) is 4.57. The number of rotatable bonds is 1. The molecule has 0 nitrogen and oxygen atoms in total. The van der Waals surface area contributed by atoms with E-state index in [0.717, 1.165) is 6.07 Å². The van der Waals surface area contributed by atoms with Crippen molar-refractivity contribution in [3.63, 3.8) is 0 Å². The van der Waals surface area contributed by atoms with Gasteiger partial charge in [-0.15, -0.1) is 0 Å². The van der Waals surface area contributed by atoms with E-state index in [-0.39, 0.29) is 0 Å². The molecule has 0 amide bonds. The molecule has 0 saturated carbocycles.